The van der Waals surface area contributed by atoms with Crippen LogP contribution in [0.25, 0.3) is 48.6 Å². The Hall–Kier alpha value is -8.04. The van der Waals surface area contributed by atoms with Crippen LogP contribution in [0.15, 0.2) is 97.1 Å². The van der Waals surface area contributed by atoms with E-state index in [1.807, 2.05) is 72.9 Å². The van der Waals surface area contributed by atoms with E-state index in [9.17, 15) is 104 Å². The number of rotatable bonds is 56. The molecule has 4 aliphatic carbocycles. The highest BCUT2D eigenvalue weighted by atomic mass is 32.2. The van der Waals surface area contributed by atoms with Crippen LogP contribution in [-0.2, 0) is 107 Å². The number of benzene rings is 6. The third-order valence-electron chi connectivity index (χ3n) is 18.0. The van der Waals surface area contributed by atoms with Crippen molar-refractivity contribution in [2.45, 2.75) is 128 Å². The lowest BCUT2D eigenvalue weighted by atomic mass is 9.86. The number of hydrogen-bond donors (Lipinski definition) is 0. The van der Waals surface area contributed by atoms with Crippen molar-refractivity contribution < 1.29 is 142 Å². The van der Waals surface area contributed by atoms with E-state index in [1.165, 1.54) is 0 Å². The van der Waals surface area contributed by atoms with Gasteiger partial charge in [0, 0.05) is 70.3 Å². The molecule has 0 saturated heterocycles. The van der Waals surface area contributed by atoms with E-state index in [4.69, 9.17) is 37.9 Å². The minimum atomic E-state index is -4.50. The molecule has 10 rings (SSSR count). The van der Waals surface area contributed by atoms with Crippen LogP contribution in [0.2, 0.25) is 0 Å². The van der Waals surface area contributed by atoms with Gasteiger partial charge in [0.15, 0.2) is 0 Å². The minimum Gasteiger partial charge on any atom is -0.748 e. The lowest BCUT2D eigenvalue weighted by Crippen LogP contribution is -2.07. The van der Waals surface area contributed by atoms with Gasteiger partial charge >= 0.3 is 0 Å². The van der Waals surface area contributed by atoms with Crippen molar-refractivity contribution in [1.29, 1.82) is 0 Å². The van der Waals surface area contributed by atoms with E-state index >= 15 is 0 Å². The Bertz CT molecular complexity index is 4580. The third kappa shape index (κ3) is 43.1. The molecule has 6 aromatic carbocycles. The number of hydrogen-bond acceptors (Lipinski definition) is 32. The first-order valence-electron chi connectivity index (χ1n) is 38.5. The Kier molecular flexibility index (Phi) is 39.3. The van der Waals surface area contributed by atoms with Crippen LogP contribution in [0.1, 0.15) is 169 Å². The van der Waals surface area contributed by atoms with E-state index in [1.54, 1.807) is 72.8 Å². The summed E-state index contributed by atoms with van der Waals surface area (Å²) in [4.78, 5) is 0. The quantitative estimate of drug-likeness (QED) is 0.0194. The fraction of sp³-hybridized carbons (Fsp3) is 0.450. The van der Waals surface area contributed by atoms with Crippen molar-refractivity contribution in [1.82, 2.24) is 0 Å². The van der Waals surface area contributed by atoms with Crippen molar-refractivity contribution in [3.8, 4) is 46.0 Å². The highest BCUT2D eigenvalue weighted by Gasteiger charge is 2.18. The van der Waals surface area contributed by atoms with Crippen LogP contribution in [0.4, 0.5) is 0 Å². The molecule has 0 aromatic heterocycles. The van der Waals surface area contributed by atoms with Gasteiger partial charge in [-0.05, 0) is 244 Å². The van der Waals surface area contributed by atoms with E-state index in [2.05, 4.69) is 0 Å². The second-order valence-electron chi connectivity index (χ2n) is 28.3. The average Bonchev–Trinajstić information content (AvgIpc) is 0.794. The van der Waals surface area contributed by atoms with E-state index in [-0.39, 0.29) is 156 Å². The van der Waals surface area contributed by atoms with Gasteiger partial charge in [0.25, 0.3) is 0 Å². The molecule has 0 amide bonds. The van der Waals surface area contributed by atoms with E-state index in [0.29, 0.717) is 93.9 Å². The molecule has 0 heterocycles. The van der Waals surface area contributed by atoms with Crippen LogP contribution < -0.4 is 37.9 Å². The van der Waals surface area contributed by atoms with E-state index in [0.717, 1.165) is 44.5 Å². The summed E-state index contributed by atoms with van der Waals surface area (Å²) in [5.74, 6) is -2.43. The normalized spacial score (nSPS) is 13.3. The maximum atomic E-state index is 11.4. The Morgan fingerprint density at radius 1 is 0.192 bits per heavy atom. The largest absolute Gasteiger partial charge is 0.748 e. The summed E-state index contributed by atoms with van der Waals surface area (Å²) in [6.45, 7) is 0.0824. The Morgan fingerprint density at radius 2 is 0.325 bits per heavy atom. The summed E-state index contributed by atoms with van der Waals surface area (Å²) >= 11 is 0. The molecule has 0 spiro atoms. The van der Waals surface area contributed by atoms with Crippen molar-refractivity contribution in [2.24, 2.45) is 0 Å². The molecule has 0 aliphatic heterocycles. The molecule has 4 aliphatic rings. The Balaban J connectivity index is 1.39. The molecule has 664 valence electrons. The topological polar surface area (TPSA) is 531 Å². The number of ether oxygens (including phenoxy) is 8. The van der Waals surface area contributed by atoms with Gasteiger partial charge in [0.05, 0.1) is 134 Å². The molecule has 32 nitrogen and oxygen atoms in total. The summed E-state index contributed by atoms with van der Waals surface area (Å²) in [5.41, 5.74) is 8.44. The highest BCUT2D eigenvalue weighted by molar-refractivity contribution is 7.87. The Morgan fingerprint density at radius 3 is 0.450 bits per heavy atom. The SMILES string of the molecule is O=S(=O)([O-])CCCCOc1cc(/C=C/c2cc3c(/C=C/c4cc(OCCCCS(=O)(=O)[O-])cc(OCCCCS(=O)(=O)[O-])c4)cc2CCc2cc(/C=C/c4cc(OCCCCS(=O)(=O)[O-])cc(OCCCCS(=O)(=O)[O-])c4)c(cc2/C=C/c2cc(OCCCCS(=O)(=O)[O-])cc(OCCCCS(=O)(=O)[O-])c2)CC3)cc(OCCCCS(=O)(=O)[O-])c1. The fourth-order valence-corrected chi connectivity index (χ4v) is 16.7. The van der Waals surface area contributed by atoms with Gasteiger partial charge in [-0.25, -0.2) is 67.3 Å². The average molecular weight is 1830 g/mol. The van der Waals surface area contributed by atoms with E-state index < -0.39 is 127 Å². The van der Waals surface area contributed by atoms with Gasteiger partial charge < -0.3 is 74.3 Å². The molecule has 0 atom stereocenters. The molecular formula is C80H96O32S8-8. The Labute approximate surface area is 703 Å². The van der Waals surface area contributed by atoms with Crippen molar-refractivity contribution in [2.75, 3.05) is 98.9 Å². The smallest absolute Gasteiger partial charge is 0.123 e. The first-order valence-corrected chi connectivity index (χ1v) is 51.2. The van der Waals surface area contributed by atoms with Crippen molar-refractivity contribution >= 4 is 130 Å². The summed E-state index contributed by atoms with van der Waals surface area (Å²) in [5, 5.41) is 0. The zero-order chi connectivity index (χ0) is 87.6. The molecular weight excluding hydrogens is 1730 g/mol. The maximum Gasteiger partial charge on any atom is 0.123 e. The standard InChI is InChI=1S/C80H104O32S8/c81-113(82,83)37-9-1-29-105-73-45-61(46-74(57-73)106-30-2-10-38-114(84,85)86)17-21-65-53-70-27-28-72-56-67(23-19-63-49-77(109-33-5-13-41-117(93,94)95)59-78(50-63)110-34-6-14-42-118(96,97)98)71(55-68(72)24-20-64-51-79(111-35-7-15-43-119(99,100)101)60-80(52-64)112-36-8-16-44-120(102,103)104)26-25-69(65)54-66(70)22-18-62-47-75(107-31-3-11-39-115(87,88)89)58-76(48-62)108-32-4-12-40-116(90,91)92/h17-24,45-60H,1-16,25-44H2,(H,81,82,83)(H,84,85,86)(H,87,88,89)(H,90,91,92)(H,93,94,95)(H,96,97,98)(H,99,100,101)(H,102,103,104)/p-8/b21-17+,22-18+,23-19+,24-20+. The zero-order valence-corrected chi connectivity index (χ0v) is 72.2. The number of unbranched alkanes of at least 4 members (excludes halogenated alkanes) is 8. The predicted octanol–water partition coefficient (Wildman–Crippen LogP) is 9.89. The summed E-state index contributed by atoms with van der Waals surface area (Å²) in [6.07, 6.45) is 17.9. The van der Waals surface area contributed by atoms with Crippen LogP contribution in [-0.4, -0.2) is 203 Å². The van der Waals surface area contributed by atoms with Crippen molar-refractivity contribution in [3.63, 3.8) is 0 Å². The monoisotopic (exact) mass is 1820 g/mol. The fourth-order valence-electron chi connectivity index (χ4n) is 12.2. The van der Waals surface area contributed by atoms with Crippen molar-refractivity contribution in [3.05, 3.63) is 164 Å². The van der Waals surface area contributed by atoms with Gasteiger partial charge in [-0.15, -0.1) is 0 Å². The third-order valence-corrected chi connectivity index (χ3v) is 24.3. The summed E-state index contributed by atoms with van der Waals surface area (Å²) in [7, 11) is -36.0. The summed E-state index contributed by atoms with van der Waals surface area (Å²) < 4.78 is 322. The molecule has 0 saturated carbocycles. The lowest BCUT2D eigenvalue weighted by molar-refractivity contribution is 0.293. The second kappa shape index (κ2) is 47.6. The van der Waals surface area contributed by atoms with Crippen LogP contribution in [0, 0.1) is 0 Å². The minimum absolute atomic E-state index is 0.0103. The van der Waals surface area contributed by atoms with Gasteiger partial charge in [-0.2, -0.15) is 0 Å². The first-order chi connectivity index (χ1) is 56.4. The van der Waals surface area contributed by atoms with Gasteiger partial charge in [-0.3, -0.25) is 0 Å². The molecule has 4 bridgehead atoms. The lowest BCUT2D eigenvalue weighted by Gasteiger charge is -2.19. The molecule has 0 fully saturated rings. The molecule has 0 N–H and O–H groups in total. The van der Waals surface area contributed by atoms with Crippen LogP contribution in [0.5, 0.6) is 46.0 Å². The maximum absolute atomic E-state index is 11.4. The highest BCUT2D eigenvalue weighted by Crippen LogP contribution is 2.35. The van der Waals surface area contributed by atoms with Gasteiger partial charge in [-0.1, -0.05) is 72.9 Å². The van der Waals surface area contributed by atoms with Gasteiger partial charge in [0.1, 0.15) is 46.0 Å². The van der Waals surface area contributed by atoms with Crippen LogP contribution >= 0.6 is 0 Å². The first kappa shape index (κ1) is 99.1. The van der Waals surface area contributed by atoms with Crippen LogP contribution in [0.3, 0.4) is 0 Å². The second-order valence-corrected chi connectivity index (χ2v) is 40.5. The molecule has 120 heavy (non-hydrogen) atoms. The number of aryl methyl sites for hydroxylation is 4. The molecule has 0 radical (unpaired) electrons. The molecule has 6 aromatic rings. The van der Waals surface area contributed by atoms with Gasteiger partial charge in [0.2, 0.25) is 0 Å². The summed E-state index contributed by atoms with van der Waals surface area (Å²) in [6, 6.07) is 28.2. The zero-order valence-electron chi connectivity index (χ0n) is 65.6. The molecule has 40 heteroatoms. The predicted molar refractivity (Wildman–Crippen MR) is 444 cm³/mol. The molecule has 0 unspecified atom stereocenters.